The van der Waals surface area contributed by atoms with Gasteiger partial charge in [0.1, 0.15) is 30.0 Å². The molecule has 0 bridgehead atoms. The predicted octanol–water partition coefficient (Wildman–Crippen LogP) is 4.68. The Labute approximate surface area is 237 Å². The lowest BCUT2D eigenvalue weighted by Gasteiger charge is -2.32. The molecule has 3 amide bonds. The molecule has 9 heteroatoms. The number of imide groups is 1. The highest BCUT2D eigenvalue weighted by Crippen LogP contribution is 2.34. The molecule has 3 aromatic rings. The predicted molar refractivity (Wildman–Crippen MR) is 147 cm³/mol. The van der Waals surface area contributed by atoms with E-state index in [2.05, 4.69) is 22.3 Å². The largest absolute Gasteiger partial charge is 0.488 e. The summed E-state index contributed by atoms with van der Waals surface area (Å²) in [6.45, 7) is 3.07. The molecule has 0 saturated carbocycles. The molecule has 2 fully saturated rings. The van der Waals surface area contributed by atoms with E-state index in [4.69, 9.17) is 4.74 Å². The lowest BCUT2D eigenvalue weighted by Crippen LogP contribution is -2.52. The standard InChI is InChI=1S/C32H31F2N3O4/c33-24-8-9-25(26(34)16-24)22-12-14-36(15-13-22)17-20-4-6-21(7-5-20)19-41-28-3-1-2-23-18-37(32(40)30(23)28)27-10-11-29(38)35-31(27)39/h1-9,16,22,27H,10-15,17-19H2,(H,35,38,39). The summed E-state index contributed by atoms with van der Waals surface area (Å²) in [5.74, 6) is -1.43. The van der Waals surface area contributed by atoms with Crippen molar-refractivity contribution in [2.75, 3.05) is 13.1 Å². The van der Waals surface area contributed by atoms with Gasteiger partial charge in [-0.05, 0) is 72.7 Å². The molecule has 0 aromatic heterocycles. The number of benzene rings is 3. The molecule has 0 radical (unpaired) electrons. The van der Waals surface area contributed by atoms with Gasteiger partial charge in [-0.25, -0.2) is 8.78 Å². The van der Waals surface area contributed by atoms with Crippen molar-refractivity contribution in [1.29, 1.82) is 0 Å². The fourth-order valence-corrected chi connectivity index (χ4v) is 6.10. The maximum atomic E-state index is 14.2. The van der Waals surface area contributed by atoms with Crippen LogP contribution in [0.2, 0.25) is 0 Å². The van der Waals surface area contributed by atoms with Crippen molar-refractivity contribution in [2.45, 2.75) is 57.3 Å². The second kappa shape index (κ2) is 11.4. The van der Waals surface area contributed by atoms with E-state index < -0.39 is 23.6 Å². The van der Waals surface area contributed by atoms with Crippen LogP contribution in [-0.2, 0) is 29.3 Å². The number of likely N-dealkylation sites (tertiary alicyclic amines) is 1. The zero-order valence-corrected chi connectivity index (χ0v) is 22.6. The molecular weight excluding hydrogens is 528 g/mol. The van der Waals surface area contributed by atoms with Crippen molar-refractivity contribution in [3.63, 3.8) is 0 Å². The van der Waals surface area contributed by atoms with Crippen LogP contribution < -0.4 is 10.1 Å². The zero-order valence-electron chi connectivity index (χ0n) is 22.6. The van der Waals surface area contributed by atoms with Crippen LogP contribution in [0.1, 0.15) is 64.2 Å². The Hall–Kier alpha value is -4.11. The Morgan fingerprint density at radius 3 is 2.39 bits per heavy atom. The van der Waals surface area contributed by atoms with Crippen LogP contribution in [0.15, 0.2) is 60.7 Å². The van der Waals surface area contributed by atoms with E-state index in [1.807, 2.05) is 24.3 Å². The molecule has 3 heterocycles. The maximum absolute atomic E-state index is 14.2. The number of halogens is 2. The van der Waals surface area contributed by atoms with Crippen molar-refractivity contribution in [3.8, 4) is 5.75 Å². The lowest BCUT2D eigenvalue weighted by atomic mass is 9.89. The Morgan fingerprint density at radius 2 is 1.66 bits per heavy atom. The number of carbonyl (C=O) groups is 3. The third-order valence-electron chi connectivity index (χ3n) is 8.33. The molecule has 2 saturated heterocycles. The smallest absolute Gasteiger partial charge is 0.258 e. The van der Waals surface area contributed by atoms with Crippen LogP contribution in [0, 0.1) is 11.6 Å². The third-order valence-corrected chi connectivity index (χ3v) is 8.33. The highest BCUT2D eigenvalue weighted by Gasteiger charge is 2.40. The van der Waals surface area contributed by atoms with Gasteiger partial charge in [0, 0.05) is 25.6 Å². The second-order valence-corrected chi connectivity index (χ2v) is 11.0. The van der Waals surface area contributed by atoms with Gasteiger partial charge in [-0.15, -0.1) is 0 Å². The number of nitrogens with one attached hydrogen (secondary N) is 1. The fraction of sp³-hybridized carbons (Fsp3) is 0.344. The van der Waals surface area contributed by atoms with E-state index in [0.717, 1.165) is 55.2 Å². The monoisotopic (exact) mass is 559 g/mol. The van der Waals surface area contributed by atoms with Gasteiger partial charge >= 0.3 is 0 Å². The van der Waals surface area contributed by atoms with E-state index in [1.54, 1.807) is 12.1 Å². The van der Waals surface area contributed by atoms with Crippen molar-refractivity contribution in [3.05, 3.63) is 100 Å². The van der Waals surface area contributed by atoms with Gasteiger partial charge in [0.15, 0.2) is 0 Å². The van der Waals surface area contributed by atoms with Crippen LogP contribution in [0.5, 0.6) is 5.75 Å². The van der Waals surface area contributed by atoms with Crippen molar-refractivity contribution >= 4 is 17.7 Å². The summed E-state index contributed by atoms with van der Waals surface area (Å²) < 4.78 is 33.5. The summed E-state index contributed by atoms with van der Waals surface area (Å²) in [6, 6.07) is 16.8. The molecule has 1 atom stereocenters. The van der Waals surface area contributed by atoms with Crippen LogP contribution in [-0.4, -0.2) is 46.7 Å². The average molecular weight is 560 g/mol. The van der Waals surface area contributed by atoms with Crippen LogP contribution in [0.4, 0.5) is 8.78 Å². The van der Waals surface area contributed by atoms with E-state index in [9.17, 15) is 23.2 Å². The SMILES string of the molecule is O=C1CCC(N2Cc3cccc(OCc4ccc(CN5CCC(c6ccc(F)cc6F)CC5)cc4)c3C2=O)C(=O)N1. The average Bonchev–Trinajstić information content (AvgIpc) is 3.30. The van der Waals surface area contributed by atoms with Gasteiger partial charge < -0.3 is 9.64 Å². The molecule has 3 aliphatic rings. The molecule has 1 unspecified atom stereocenters. The minimum absolute atomic E-state index is 0.105. The number of nitrogens with zero attached hydrogens (tertiary/aromatic N) is 2. The van der Waals surface area contributed by atoms with E-state index in [0.29, 0.717) is 29.8 Å². The van der Waals surface area contributed by atoms with Crippen molar-refractivity contribution in [1.82, 2.24) is 15.1 Å². The van der Waals surface area contributed by atoms with Gasteiger partial charge in [-0.1, -0.05) is 42.5 Å². The number of fused-ring (bicyclic) bond motifs is 1. The van der Waals surface area contributed by atoms with Gasteiger partial charge in [0.25, 0.3) is 5.91 Å². The minimum atomic E-state index is -0.664. The van der Waals surface area contributed by atoms with E-state index >= 15 is 0 Å². The summed E-state index contributed by atoms with van der Waals surface area (Å²) in [5, 5.41) is 2.33. The van der Waals surface area contributed by atoms with Crippen molar-refractivity contribution in [2.24, 2.45) is 0 Å². The zero-order chi connectivity index (χ0) is 28.5. The number of carbonyl (C=O) groups excluding carboxylic acids is 3. The van der Waals surface area contributed by atoms with Crippen LogP contribution >= 0.6 is 0 Å². The number of amides is 3. The first kappa shape index (κ1) is 27.1. The Kier molecular flexibility index (Phi) is 7.53. The third kappa shape index (κ3) is 5.72. The van der Waals surface area contributed by atoms with Crippen molar-refractivity contribution < 1.29 is 27.9 Å². The topological polar surface area (TPSA) is 79.0 Å². The quantitative estimate of drug-likeness (QED) is 0.425. The fourth-order valence-electron chi connectivity index (χ4n) is 6.10. The number of ether oxygens (including phenoxy) is 1. The molecule has 41 heavy (non-hydrogen) atoms. The molecule has 1 N–H and O–H groups in total. The second-order valence-electron chi connectivity index (χ2n) is 11.0. The van der Waals surface area contributed by atoms with E-state index in [1.165, 1.54) is 11.0 Å². The Morgan fingerprint density at radius 1 is 0.902 bits per heavy atom. The summed E-state index contributed by atoms with van der Waals surface area (Å²) in [6.07, 6.45) is 2.19. The first-order valence-electron chi connectivity index (χ1n) is 14.0. The molecule has 7 nitrogen and oxygen atoms in total. The highest BCUT2D eigenvalue weighted by molar-refractivity contribution is 6.06. The number of piperidine rings is 2. The first-order valence-corrected chi connectivity index (χ1v) is 14.0. The number of rotatable bonds is 7. The summed E-state index contributed by atoms with van der Waals surface area (Å²) >= 11 is 0. The first-order chi connectivity index (χ1) is 19.9. The summed E-state index contributed by atoms with van der Waals surface area (Å²) in [7, 11) is 0. The molecular formula is C32H31F2N3O4. The van der Waals surface area contributed by atoms with Gasteiger partial charge in [0.05, 0.1) is 5.56 Å². The lowest BCUT2D eigenvalue weighted by molar-refractivity contribution is -0.136. The van der Waals surface area contributed by atoms with Gasteiger partial charge in [-0.2, -0.15) is 0 Å². The molecule has 3 aromatic carbocycles. The van der Waals surface area contributed by atoms with Gasteiger partial charge in [0.2, 0.25) is 11.8 Å². The van der Waals surface area contributed by atoms with Crippen LogP contribution in [0.3, 0.4) is 0 Å². The number of hydrogen-bond acceptors (Lipinski definition) is 5. The van der Waals surface area contributed by atoms with Crippen LogP contribution in [0.25, 0.3) is 0 Å². The molecule has 0 spiro atoms. The minimum Gasteiger partial charge on any atom is -0.488 e. The highest BCUT2D eigenvalue weighted by atomic mass is 19.1. The number of hydrogen-bond donors (Lipinski definition) is 1. The Bertz CT molecular complexity index is 1480. The summed E-state index contributed by atoms with van der Waals surface area (Å²) in [4.78, 5) is 41.0. The molecule has 0 aliphatic carbocycles. The molecule has 6 rings (SSSR count). The molecule has 3 aliphatic heterocycles. The van der Waals surface area contributed by atoms with E-state index in [-0.39, 0.29) is 30.8 Å². The normalized spacial score (nSPS) is 19.8. The Balaban J connectivity index is 1.03. The van der Waals surface area contributed by atoms with Gasteiger partial charge in [-0.3, -0.25) is 24.6 Å². The molecule has 212 valence electrons. The maximum Gasteiger partial charge on any atom is 0.258 e. The summed E-state index contributed by atoms with van der Waals surface area (Å²) in [5.41, 5.74) is 4.00.